The maximum atomic E-state index is 13.0. The van der Waals surface area contributed by atoms with Crippen molar-refractivity contribution < 1.29 is 22.6 Å². The standard InChI is InChI=1S/C22H23N5O6S/c1-4-32-19-10-14(6-7-18(19)31-2)17(13-34(3,29)30)27-20-16(26-22(27)28)11-15(12-25-20)33-21-23-8-5-9-24-21/h5-12,17H,4,13H2,1-3H3,(H,26,28)/t17-/m0/s1. The van der Waals surface area contributed by atoms with E-state index in [1.807, 2.05) is 6.92 Å². The Morgan fingerprint density at radius 2 is 1.88 bits per heavy atom. The second-order valence-corrected chi connectivity index (χ2v) is 9.61. The van der Waals surface area contributed by atoms with E-state index >= 15 is 0 Å². The van der Waals surface area contributed by atoms with Crippen LogP contribution in [0, 0.1) is 0 Å². The number of ether oxygens (including phenoxy) is 3. The van der Waals surface area contributed by atoms with Crippen molar-refractivity contribution in [2.75, 3.05) is 25.7 Å². The van der Waals surface area contributed by atoms with Gasteiger partial charge in [0.25, 0.3) is 0 Å². The molecule has 0 saturated carbocycles. The lowest BCUT2D eigenvalue weighted by Gasteiger charge is -2.20. The SMILES string of the molecule is CCOc1cc([C@H](CS(C)(=O)=O)n2c(=O)[nH]c3cc(Oc4ncccn4)cnc32)ccc1OC. The van der Waals surface area contributed by atoms with Crippen LogP contribution < -0.4 is 19.9 Å². The number of H-pyrrole nitrogens is 1. The largest absolute Gasteiger partial charge is 0.493 e. The number of sulfone groups is 1. The van der Waals surface area contributed by atoms with Crippen LogP contribution in [0.1, 0.15) is 18.5 Å². The number of hydrogen-bond acceptors (Lipinski definition) is 9. The Kier molecular flexibility index (Phi) is 6.50. The predicted molar refractivity (Wildman–Crippen MR) is 124 cm³/mol. The molecule has 1 N–H and O–H groups in total. The van der Waals surface area contributed by atoms with E-state index in [0.717, 1.165) is 6.26 Å². The van der Waals surface area contributed by atoms with Crippen LogP contribution in [0.15, 0.2) is 53.7 Å². The van der Waals surface area contributed by atoms with Gasteiger partial charge in [-0.25, -0.2) is 28.2 Å². The molecule has 178 valence electrons. The third kappa shape index (κ3) is 5.01. The molecule has 0 aliphatic heterocycles. The molecule has 0 aliphatic carbocycles. The van der Waals surface area contributed by atoms with Crippen LogP contribution in [0.4, 0.5) is 0 Å². The number of pyridine rings is 1. The monoisotopic (exact) mass is 485 g/mol. The number of nitrogens with one attached hydrogen (secondary N) is 1. The molecule has 0 amide bonds. The van der Waals surface area contributed by atoms with Gasteiger partial charge in [-0.05, 0) is 30.7 Å². The fourth-order valence-electron chi connectivity index (χ4n) is 3.56. The summed E-state index contributed by atoms with van der Waals surface area (Å²) in [5.74, 6) is 0.934. The Balaban J connectivity index is 1.81. The fraction of sp³-hybridized carbons (Fsp3) is 0.273. The zero-order valence-corrected chi connectivity index (χ0v) is 19.6. The summed E-state index contributed by atoms with van der Waals surface area (Å²) in [5.41, 5.74) is 0.680. The number of nitrogens with zero attached hydrogens (tertiary/aromatic N) is 4. The molecule has 4 aromatic rings. The summed E-state index contributed by atoms with van der Waals surface area (Å²) < 4.78 is 42.5. The van der Waals surface area contributed by atoms with E-state index < -0.39 is 21.6 Å². The van der Waals surface area contributed by atoms with Crippen molar-refractivity contribution >= 4 is 21.0 Å². The molecule has 0 fully saturated rings. The van der Waals surface area contributed by atoms with Gasteiger partial charge in [-0.3, -0.25) is 4.57 Å². The van der Waals surface area contributed by atoms with Crippen molar-refractivity contribution in [3.63, 3.8) is 0 Å². The van der Waals surface area contributed by atoms with Gasteiger partial charge in [-0.1, -0.05) is 6.07 Å². The van der Waals surface area contributed by atoms with Crippen molar-refractivity contribution in [1.29, 1.82) is 0 Å². The van der Waals surface area contributed by atoms with E-state index in [9.17, 15) is 13.2 Å². The molecule has 3 aromatic heterocycles. The first kappa shape index (κ1) is 23.2. The van der Waals surface area contributed by atoms with Gasteiger partial charge in [0.1, 0.15) is 9.84 Å². The zero-order valence-electron chi connectivity index (χ0n) is 18.8. The molecule has 4 rings (SSSR count). The van der Waals surface area contributed by atoms with E-state index in [1.165, 1.54) is 30.3 Å². The van der Waals surface area contributed by atoms with Crippen molar-refractivity contribution in [2.24, 2.45) is 0 Å². The number of hydrogen-bond donors (Lipinski definition) is 1. The molecule has 0 radical (unpaired) electrons. The zero-order chi connectivity index (χ0) is 24.3. The molecule has 0 aliphatic rings. The van der Waals surface area contributed by atoms with Gasteiger partial charge >= 0.3 is 11.7 Å². The van der Waals surface area contributed by atoms with E-state index in [0.29, 0.717) is 34.9 Å². The summed E-state index contributed by atoms with van der Waals surface area (Å²) in [6.07, 6.45) is 5.60. The van der Waals surface area contributed by atoms with Crippen LogP contribution in [0.3, 0.4) is 0 Å². The quantitative estimate of drug-likeness (QED) is 0.378. The highest BCUT2D eigenvalue weighted by atomic mass is 32.2. The molecule has 34 heavy (non-hydrogen) atoms. The lowest BCUT2D eigenvalue weighted by molar-refractivity contribution is 0.310. The number of imidazole rings is 1. The molecular weight excluding hydrogens is 462 g/mol. The maximum Gasteiger partial charge on any atom is 0.328 e. The average molecular weight is 486 g/mol. The molecular formula is C22H23N5O6S. The number of rotatable bonds is 9. The number of aromatic amines is 1. The first-order chi connectivity index (χ1) is 16.3. The highest BCUT2D eigenvalue weighted by molar-refractivity contribution is 7.90. The van der Waals surface area contributed by atoms with Gasteiger partial charge in [0.15, 0.2) is 22.9 Å². The Morgan fingerprint density at radius 1 is 1.12 bits per heavy atom. The molecule has 1 atom stereocenters. The van der Waals surface area contributed by atoms with Crippen LogP contribution in [0.5, 0.6) is 23.3 Å². The molecule has 1 aromatic carbocycles. The smallest absolute Gasteiger partial charge is 0.328 e. The summed E-state index contributed by atoms with van der Waals surface area (Å²) in [7, 11) is -1.97. The minimum Gasteiger partial charge on any atom is -0.493 e. The summed E-state index contributed by atoms with van der Waals surface area (Å²) >= 11 is 0. The number of aromatic nitrogens is 5. The second-order valence-electron chi connectivity index (χ2n) is 7.43. The predicted octanol–water partition coefficient (Wildman–Crippen LogP) is 2.35. The maximum absolute atomic E-state index is 13.0. The lowest BCUT2D eigenvalue weighted by atomic mass is 10.1. The number of fused-ring (bicyclic) bond motifs is 1. The van der Waals surface area contributed by atoms with Crippen molar-refractivity contribution in [3.8, 4) is 23.3 Å². The minimum absolute atomic E-state index is 0.127. The molecule has 11 nitrogen and oxygen atoms in total. The van der Waals surface area contributed by atoms with Gasteiger partial charge < -0.3 is 19.2 Å². The van der Waals surface area contributed by atoms with Crippen LogP contribution >= 0.6 is 0 Å². The van der Waals surface area contributed by atoms with Crippen LogP contribution in [0.25, 0.3) is 11.2 Å². The molecule has 0 saturated heterocycles. The van der Waals surface area contributed by atoms with E-state index in [2.05, 4.69) is 19.9 Å². The minimum atomic E-state index is -3.49. The first-order valence-electron chi connectivity index (χ1n) is 10.3. The summed E-state index contributed by atoms with van der Waals surface area (Å²) in [6, 6.07) is 7.55. The van der Waals surface area contributed by atoms with Gasteiger partial charge in [0.2, 0.25) is 0 Å². The highest BCUT2D eigenvalue weighted by Crippen LogP contribution is 2.33. The Morgan fingerprint density at radius 3 is 2.56 bits per heavy atom. The van der Waals surface area contributed by atoms with Crippen molar-refractivity contribution in [2.45, 2.75) is 13.0 Å². The molecule has 3 heterocycles. The van der Waals surface area contributed by atoms with Gasteiger partial charge in [0, 0.05) is 24.7 Å². The highest BCUT2D eigenvalue weighted by Gasteiger charge is 2.25. The van der Waals surface area contributed by atoms with Crippen LogP contribution in [-0.4, -0.2) is 58.6 Å². The lowest BCUT2D eigenvalue weighted by Crippen LogP contribution is -2.28. The fourth-order valence-corrected chi connectivity index (χ4v) is 4.47. The summed E-state index contributed by atoms with van der Waals surface area (Å²) in [6.45, 7) is 2.22. The summed E-state index contributed by atoms with van der Waals surface area (Å²) in [4.78, 5) is 28.1. The molecule has 0 unspecified atom stereocenters. The molecule has 0 spiro atoms. The topological polar surface area (TPSA) is 138 Å². The van der Waals surface area contributed by atoms with Crippen molar-refractivity contribution in [1.82, 2.24) is 24.5 Å². The van der Waals surface area contributed by atoms with E-state index in [4.69, 9.17) is 14.2 Å². The van der Waals surface area contributed by atoms with E-state index in [1.54, 1.807) is 30.3 Å². The third-order valence-corrected chi connectivity index (χ3v) is 5.85. The van der Waals surface area contributed by atoms with E-state index in [-0.39, 0.29) is 17.4 Å². The van der Waals surface area contributed by atoms with Crippen molar-refractivity contribution in [3.05, 3.63) is 65.0 Å². The first-order valence-corrected chi connectivity index (χ1v) is 12.4. The normalized spacial score (nSPS) is 12.4. The summed E-state index contributed by atoms with van der Waals surface area (Å²) in [5, 5.41) is 0. The van der Waals surface area contributed by atoms with Gasteiger partial charge in [-0.2, -0.15) is 0 Å². The number of methoxy groups -OCH3 is 1. The van der Waals surface area contributed by atoms with Crippen LogP contribution in [0.2, 0.25) is 0 Å². The third-order valence-electron chi connectivity index (χ3n) is 4.93. The number of benzene rings is 1. The Labute approximate surface area is 195 Å². The molecule has 12 heteroatoms. The van der Waals surface area contributed by atoms with Gasteiger partial charge in [0.05, 0.1) is 37.2 Å². The Bertz CT molecular complexity index is 1470. The van der Waals surface area contributed by atoms with Crippen LogP contribution in [-0.2, 0) is 9.84 Å². The second kappa shape index (κ2) is 9.51. The van der Waals surface area contributed by atoms with Gasteiger partial charge in [-0.15, -0.1) is 0 Å². The average Bonchev–Trinajstić information content (AvgIpc) is 3.12. The molecule has 0 bridgehead atoms. The Hall–Kier alpha value is -3.93.